The van der Waals surface area contributed by atoms with Crippen molar-refractivity contribution in [1.29, 1.82) is 0 Å². The lowest BCUT2D eigenvalue weighted by Crippen LogP contribution is -2.42. The van der Waals surface area contributed by atoms with E-state index < -0.39 is 0 Å². The maximum Gasteiger partial charge on any atom is 0.129 e. The molecule has 0 bridgehead atoms. The maximum atomic E-state index is 13.5. The second-order valence-electron chi connectivity index (χ2n) is 4.41. The Morgan fingerprint density at radius 3 is 2.69 bits per heavy atom. The Morgan fingerprint density at radius 2 is 2.12 bits per heavy atom. The molecule has 0 amide bonds. The summed E-state index contributed by atoms with van der Waals surface area (Å²) in [7, 11) is 1.65. The normalized spacial score (nSPS) is 11.8. The van der Waals surface area contributed by atoms with Gasteiger partial charge in [0, 0.05) is 29.8 Å². The summed E-state index contributed by atoms with van der Waals surface area (Å²) < 4.78 is 18.5. The van der Waals surface area contributed by atoms with Gasteiger partial charge in [-0.3, -0.25) is 0 Å². The SMILES string of the molecule is COCC(C)(C)NCc1ccc(Cl)cc1F. The van der Waals surface area contributed by atoms with Gasteiger partial charge < -0.3 is 10.1 Å². The molecule has 0 unspecified atom stereocenters. The molecule has 0 fully saturated rings. The minimum atomic E-state index is -0.284. The first-order valence-corrected chi connectivity index (χ1v) is 5.50. The Balaban J connectivity index is 2.61. The molecule has 0 aliphatic heterocycles. The van der Waals surface area contributed by atoms with E-state index in [2.05, 4.69) is 5.32 Å². The average molecular weight is 246 g/mol. The molecule has 1 aromatic rings. The van der Waals surface area contributed by atoms with E-state index in [4.69, 9.17) is 16.3 Å². The first-order valence-electron chi connectivity index (χ1n) is 5.12. The summed E-state index contributed by atoms with van der Waals surface area (Å²) in [4.78, 5) is 0. The second kappa shape index (κ2) is 5.62. The molecule has 0 heterocycles. The Labute approximate surface area is 101 Å². The molecule has 1 N–H and O–H groups in total. The first-order chi connectivity index (χ1) is 7.44. The lowest BCUT2D eigenvalue weighted by atomic mass is 10.1. The van der Waals surface area contributed by atoms with Gasteiger partial charge >= 0.3 is 0 Å². The van der Waals surface area contributed by atoms with E-state index in [0.717, 1.165) is 0 Å². The number of halogens is 2. The number of rotatable bonds is 5. The Morgan fingerprint density at radius 1 is 1.44 bits per heavy atom. The van der Waals surface area contributed by atoms with E-state index in [0.29, 0.717) is 23.7 Å². The Bertz CT molecular complexity index is 355. The van der Waals surface area contributed by atoms with Crippen LogP contribution in [-0.4, -0.2) is 19.3 Å². The first kappa shape index (κ1) is 13.4. The summed E-state index contributed by atoms with van der Waals surface area (Å²) in [5.74, 6) is -0.284. The van der Waals surface area contributed by atoms with Gasteiger partial charge in [0.15, 0.2) is 0 Å². The molecule has 0 aromatic heterocycles. The van der Waals surface area contributed by atoms with Crippen molar-refractivity contribution in [2.75, 3.05) is 13.7 Å². The average Bonchev–Trinajstić information content (AvgIpc) is 2.16. The largest absolute Gasteiger partial charge is 0.383 e. The van der Waals surface area contributed by atoms with Gasteiger partial charge in [-0.15, -0.1) is 0 Å². The zero-order valence-corrected chi connectivity index (χ0v) is 10.6. The number of ether oxygens (including phenoxy) is 1. The van der Waals surface area contributed by atoms with Crippen molar-refractivity contribution in [3.05, 3.63) is 34.6 Å². The molecule has 1 rings (SSSR count). The fourth-order valence-electron chi connectivity index (χ4n) is 1.41. The molecular weight excluding hydrogens is 229 g/mol. The van der Waals surface area contributed by atoms with Crippen LogP contribution >= 0.6 is 11.6 Å². The molecule has 0 saturated heterocycles. The van der Waals surface area contributed by atoms with Crippen LogP contribution in [0.3, 0.4) is 0 Å². The molecular formula is C12H17ClFNO. The molecule has 16 heavy (non-hydrogen) atoms. The van der Waals surface area contributed by atoms with E-state index in [1.54, 1.807) is 19.2 Å². The number of hydrogen-bond acceptors (Lipinski definition) is 2. The predicted molar refractivity (Wildman–Crippen MR) is 64.2 cm³/mol. The van der Waals surface area contributed by atoms with Gasteiger partial charge in [-0.25, -0.2) is 4.39 Å². The minimum Gasteiger partial charge on any atom is -0.383 e. The van der Waals surface area contributed by atoms with Crippen molar-refractivity contribution < 1.29 is 9.13 Å². The van der Waals surface area contributed by atoms with E-state index in [-0.39, 0.29) is 11.4 Å². The van der Waals surface area contributed by atoms with Crippen molar-refractivity contribution >= 4 is 11.6 Å². The molecule has 0 saturated carbocycles. The van der Waals surface area contributed by atoms with Crippen LogP contribution in [0.4, 0.5) is 4.39 Å². The van der Waals surface area contributed by atoms with Crippen LogP contribution in [0.2, 0.25) is 5.02 Å². The quantitative estimate of drug-likeness (QED) is 0.861. The van der Waals surface area contributed by atoms with Gasteiger partial charge in [-0.1, -0.05) is 17.7 Å². The van der Waals surface area contributed by atoms with E-state index in [1.165, 1.54) is 6.07 Å². The topological polar surface area (TPSA) is 21.3 Å². The molecule has 4 heteroatoms. The van der Waals surface area contributed by atoms with Crippen LogP contribution in [0, 0.1) is 5.82 Å². The lowest BCUT2D eigenvalue weighted by molar-refractivity contribution is 0.127. The van der Waals surface area contributed by atoms with Gasteiger partial charge in [-0.2, -0.15) is 0 Å². The third-order valence-corrected chi connectivity index (χ3v) is 2.51. The molecule has 1 aromatic carbocycles. The summed E-state index contributed by atoms with van der Waals surface area (Å²) in [5, 5.41) is 3.64. The van der Waals surface area contributed by atoms with E-state index in [9.17, 15) is 4.39 Å². The van der Waals surface area contributed by atoms with Crippen LogP contribution in [-0.2, 0) is 11.3 Å². The highest BCUT2D eigenvalue weighted by Crippen LogP contribution is 2.15. The van der Waals surface area contributed by atoms with Gasteiger partial charge in [0.2, 0.25) is 0 Å². The third-order valence-electron chi connectivity index (χ3n) is 2.28. The van der Waals surface area contributed by atoms with Gasteiger partial charge in [0.05, 0.1) is 6.61 Å². The van der Waals surface area contributed by atoms with Crippen LogP contribution in [0.1, 0.15) is 19.4 Å². The fourth-order valence-corrected chi connectivity index (χ4v) is 1.57. The highest BCUT2D eigenvalue weighted by molar-refractivity contribution is 6.30. The monoisotopic (exact) mass is 245 g/mol. The van der Waals surface area contributed by atoms with Crippen LogP contribution < -0.4 is 5.32 Å². The summed E-state index contributed by atoms with van der Waals surface area (Å²) >= 11 is 5.68. The van der Waals surface area contributed by atoms with Crippen molar-refractivity contribution in [3.63, 3.8) is 0 Å². The smallest absolute Gasteiger partial charge is 0.129 e. The van der Waals surface area contributed by atoms with Gasteiger partial charge in [-0.05, 0) is 26.0 Å². The van der Waals surface area contributed by atoms with Crippen molar-refractivity contribution in [2.45, 2.75) is 25.9 Å². The molecule has 0 radical (unpaired) electrons. The molecule has 90 valence electrons. The van der Waals surface area contributed by atoms with Gasteiger partial charge in [0.1, 0.15) is 5.82 Å². The lowest BCUT2D eigenvalue weighted by Gasteiger charge is -2.25. The summed E-state index contributed by atoms with van der Waals surface area (Å²) in [6, 6.07) is 4.69. The summed E-state index contributed by atoms with van der Waals surface area (Å²) in [6.45, 7) is 5.04. The molecule has 0 aliphatic carbocycles. The number of hydrogen-bond donors (Lipinski definition) is 1. The highest BCUT2D eigenvalue weighted by atomic mass is 35.5. The van der Waals surface area contributed by atoms with Crippen molar-refractivity contribution in [3.8, 4) is 0 Å². The molecule has 0 aliphatic rings. The Kier molecular flexibility index (Phi) is 4.71. The number of methoxy groups -OCH3 is 1. The van der Waals surface area contributed by atoms with Crippen LogP contribution in [0.15, 0.2) is 18.2 Å². The minimum absolute atomic E-state index is 0.180. The third kappa shape index (κ3) is 4.08. The molecule has 0 atom stereocenters. The van der Waals surface area contributed by atoms with Crippen LogP contribution in [0.25, 0.3) is 0 Å². The fraction of sp³-hybridized carbons (Fsp3) is 0.500. The predicted octanol–water partition coefficient (Wildman–Crippen LogP) is 2.99. The summed E-state index contributed by atoms with van der Waals surface area (Å²) in [5.41, 5.74) is 0.425. The number of benzene rings is 1. The van der Waals surface area contributed by atoms with E-state index in [1.807, 2.05) is 13.8 Å². The maximum absolute atomic E-state index is 13.5. The second-order valence-corrected chi connectivity index (χ2v) is 4.84. The zero-order valence-electron chi connectivity index (χ0n) is 9.81. The number of nitrogens with one attached hydrogen (secondary N) is 1. The standard InChI is InChI=1S/C12H17ClFNO/c1-12(2,8-16-3)15-7-9-4-5-10(13)6-11(9)14/h4-6,15H,7-8H2,1-3H3. The molecule has 2 nitrogen and oxygen atoms in total. The van der Waals surface area contributed by atoms with Crippen molar-refractivity contribution in [2.24, 2.45) is 0 Å². The molecule has 0 spiro atoms. The summed E-state index contributed by atoms with van der Waals surface area (Å²) in [6.07, 6.45) is 0. The zero-order chi connectivity index (χ0) is 12.2. The highest BCUT2D eigenvalue weighted by Gasteiger charge is 2.17. The van der Waals surface area contributed by atoms with E-state index >= 15 is 0 Å². The Hall–Kier alpha value is -0.640. The van der Waals surface area contributed by atoms with Gasteiger partial charge in [0.25, 0.3) is 0 Å². The van der Waals surface area contributed by atoms with Crippen molar-refractivity contribution in [1.82, 2.24) is 5.32 Å². The van der Waals surface area contributed by atoms with Crippen LogP contribution in [0.5, 0.6) is 0 Å².